The summed E-state index contributed by atoms with van der Waals surface area (Å²) < 4.78 is 44.0. The number of ketones is 1. The van der Waals surface area contributed by atoms with E-state index in [4.69, 9.17) is 4.74 Å². The number of fused-ring (bicyclic) bond motifs is 2. The van der Waals surface area contributed by atoms with Crippen molar-refractivity contribution in [2.45, 2.75) is 31.1 Å². The van der Waals surface area contributed by atoms with Crippen molar-refractivity contribution in [3.8, 4) is 0 Å². The number of nitrogens with zero attached hydrogens (tertiary/aromatic N) is 2. The second-order valence-electron chi connectivity index (χ2n) is 6.24. The number of ether oxygens (including phenoxy) is 1. The van der Waals surface area contributed by atoms with E-state index in [1.54, 1.807) is 0 Å². The van der Waals surface area contributed by atoms with Gasteiger partial charge in [-0.1, -0.05) is 23.5 Å². The first-order valence-electron chi connectivity index (χ1n) is 7.97. The topological polar surface area (TPSA) is 42.4 Å². The summed E-state index contributed by atoms with van der Waals surface area (Å²) >= 11 is 1.23. The molecule has 2 bridgehead atoms. The third kappa shape index (κ3) is 3.04. The summed E-state index contributed by atoms with van der Waals surface area (Å²) in [4.78, 5) is 19.4. The number of rotatable bonds is 3. The van der Waals surface area contributed by atoms with E-state index >= 15 is 0 Å². The minimum absolute atomic E-state index is 0.0231. The molecule has 132 valence electrons. The van der Waals surface area contributed by atoms with Gasteiger partial charge in [-0.2, -0.15) is 13.2 Å². The van der Waals surface area contributed by atoms with Crippen molar-refractivity contribution < 1.29 is 22.7 Å². The molecule has 2 fully saturated rings. The van der Waals surface area contributed by atoms with Gasteiger partial charge in [0.2, 0.25) is 5.78 Å². The third-order valence-corrected chi connectivity index (χ3v) is 5.64. The van der Waals surface area contributed by atoms with Crippen LogP contribution in [0.5, 0.6) is 0 Å². The molecule has 0 amide bonds. The van der Waals surface area contributed by atoms with E-state index in [1.165, 1.54) is 29.7 Å². The summed E-state index contributed by atoms with van der Waals surface area (Å²) in [5, 5.41) is 0.742. The van der Waals surface area contributed by atoms with Crippen molar-refractivity contribution in [3.05, 3.63) is 46.5 Å². The monoisotopic (exact) mass is 368 g/mol. The van der Waals surface area contributed by atoms with E-state index in [0.717, 1.165) is 30.1 Å². The predicted molar refractivity (Wildman–Crippen MR) is 87.1 cm³/mol. The Hall–Kier alpha value is -1.93. The molecule has 0 radical (unpaired) electrons. The third-order valence-electron chi connectivity index (χ3n) is 4.63. The Bertz CT molecular complexity index is 789. The number of benzene rings is 1. The summed E-state index contributed by atoms with van der Waals surface area (Å²) in [6.07, 6.45) is -0.956. The van der Waals surface area contributed by atoms with Gasteiger partial charge in [-0.15, -0.1) is 0 Å². The van der Waals surface area contributed by atoms with Gasteiger partial charge < -0.3 is 9.64 Å². The van der Waals surface area contributed by atoms with E-state index in [2.05, 4.69) is 9.88 Å². The molecule has 3 heterocycles. The van der Waals surface area contributed by atoms with Gasteiger partial charge in [-0.25, -0.2) is 4.98 Å². The Morgan fingerprint density at radius 1 is 1.24 bits per heavy atom. The predicted octanol–water partition coefficient (Wildman–Crippen LogP) is 3.76. The lowest BCUT2D eigenvalue weighted by Gasteiger charge is -2.34. The van der Waals surface area contributed by atoms with Crippen molar-refractivity contribution in [1.29, 1.82) is 0 Å². The molecular weight excluding hydrogens is 353 g/mol. The van der Waals surface area contributed by atoms with Gasteiger partial charge in [0, 0.05) is 5.56 Å². The summed E-state index contributed by atoms with van der Waals surface area (Å²) in [6.45, 7) is 1.29. The quantitative estimate of drug-likeness (QED) is 0.774. The lowest BCUT2D eigenvalue weighted by Crippen LogP contribution is -2.45. The maximum absolute atomic E-state index is 12.8. The molecular formula is C17H15F3N2O2S. The highest BCUT2D eigenvalue weighted by molar-refractivity contribution is 7.17. The zero-order chi connectivity index (χ0) is 17.6. The second-order valence-corrected chi connectivity index (χ2v) is 7.25. The zero-order valence-electron chi connectivity index (χ0n) is 13.1. The van der Waals surface area contributed by atoms with E-state index < -0.39 is 17.5 Å². The van der Waals surface area contributed by atoms with Crippen molar-refractivity contribution in [3.63, 3.8) is 0 Å². The fourth-order valence-electron chi connectivity index (χ4n) is 3.41. The van der Waals surface area contributed by atoms with E-state index in [0.29, 0.717) is 18.1 Å². The van der Waals surface area contributed by atoms with Crippen molar-refractivity contribution in [2.24, 2.45) is 0 Å². The highest BCUT2D eigenvalue weighted by Crippen LogP contribution is 2.37. The Morgan fingerprint density at radius 2 is 1.96 bits per heavy atom. The van der Waals surface area contributed by atoms with Crippen LogP contribution in [0.15, 0.2) is 30.5 Å². The molecule has 25 heavy (non-hydrogen) atoms. The smallest absolute Gasteiger partial charge is 0.377 e. The van der Waals surface area contributed by atoms with Crippen LogP contribution in [-0.4, -0.2) is 36.1 Å². The molecule has 1 aromatic carbocycles. The standard InChI is InChI=1S/C17H15F3N2O2S/c18-17(19,20)11-3-1-2-10(6-11)15(23)14-7-21-16(25-14)22-12-4-5-13(22)9-24-8-12/h1-3,6-7,12-13H,4-5,8-9H2. The maximum Gasteiger partial charge on any atom is 0.416 e. The number of morpholine rings is 1. The molecule has 8 heteroatoms. The number of thiazole rings is 1. The van der Waals surface area contributed by atoms with Crippen LogP contribution in [0.4, 0.5) is 18.3 Å². The lowest BCUT2D eigenvalue weighted by atomic mass is 10.1. The average Bonchev–Trinajstić information content (AvgIpc) is 3.15. The van der Waals surface area contributed by atoms with E-state index in [-0.39, 0.29) is 17.6 Å². The summed E-state index contributed by atoms with van der Waals surface area (Å²) in [5.41, 5.74) is -0.802. The van der Waals surface area contributed by atoms with Gasteiger partial charge >= 0.3 is 6.18 Å². The van der Waals surface area contributed by atoms with Gasteiger partial charge in [0.05, 0.1) is 41.9 Å². The molecule has 2 atom stereocenters. The fraction of sp³-hybridized carbons (Fsp3) is 0.412. The highest BCUT2D eigenvalue weighted by atomic mass is 32.1. The first-order chi connectivity index (χ1) is 11.9. The van der Waals surface area contributed by atoms with Crippen LogP contribution < -0.4 is 4.90 Å². The van der Waals surface area contributed by atoms with Crippen LogP contribution in [0.3, 0.4) is 0 Å². The van der Waals surface area contributed by atoms with Crippen molar-refractivity contribution >= 4 is 22.3 Å². The molecule has 4 rings (SSSR count). The van der Waals surface area contributed by atoms with E-state index in [1.807, 2.05) is 0 Å². The molecule has 0 N–H and O–H groups in total. The number of hydrogen-bond acceptors (Lipinski definition) is 5. The molecule has 2 saturated heterocycles. The number of aromatic nitrogens is 1. The first-order valence-corrected chi connectivity index (χ1v) is 8.79. The van der Waals surface area contributed by atoms with Gasteiger partial charge in [-0.3, -0.25) is 4.79 Å². The van der Waals surface area contributed by atoms with Crippen molar-refractivity contribution in [1.82, 2.24) is 4.98 Å². The number of carbonyl (C=O) groups excluding carboxylic acids is 1. The highest BCUT2D eigenvalue weighted by Gasteiger charge is 2.39. The maximum atomic E-state index is 12.8. The van der Waals surface area contributed by atoms with Crippen LogP contribution in [0.2, 0.25) is 0 Å². The number of hydrogen-bond donors (Lipinski definition) is 0. The molecule has 2 aliphatic rings. The lowest BCUT2D eigenvalue weighted by molar-refractivity contribution is -0.137. The molecule has 0 spiro atoms. The van der Waals surface area contributed by atoms with Gasteiger partial charge in [0.25, 0.3) is 0 Å². The Kier molecular flexibility index (Phi) is 4.04. The van der Waals surface area contributed by atoms with E-state index in [9.17, 15) is 18.0 Å². The Morgan fingerprint density at radius 3 is 2.64 bits per heavy atom. The number of anilines is 1. The Labute approximate surface area is 146 Å². The molecule has 2 aromatic rings. The van der Waals surface area contributed by atoms with Crippen LogP contribution >= 0.6 is 11.3 Å². The largest absolute Gasteiger partial charge is 0.416 e. The summed E-state index contributed by atoms with van der Waals surface area (Å²) in [6, 6.07) is 5.03. The molecule has 2 aliphatic heterocycles. The second kappa shape index (κ2) is 6.10. The fourth-order valence-corrected chi connectivity index (χ4v) is 4.43. The average molecular weight is 368 g/mol. The number of alkyl halides is 3. The minimum Gasteiger partial charge on any atom is -0.377 e. The molecule has 0 saturated carbocycles. The van der Waals surface area contributed by atoms with Gasteiger partial charge in [0.1, 0.15) is 0 Å². The van der Waals surface area contributed by atoms with Gasteiger partial charge in [-0.05, 0) is 25.0 Å². The first kappa shape index (κ1) is 16.5. The number of halogens is 3. The van der Waals surface area contributed by atoms with Crippen LogP contribution in [-0.2, 0) is 10.9 Å². The molecule has 2 unspecified atom stereocenters. The SMILES string of the molecule is O=C(c1cccc(C(F)(F)F)c1)c1cnc(N2C3CCC2COC3)s1. The molecule has 4 nitrogen and oxygen atoms in total. The normalized spacial score (nSPS) is 23.1. The number of carbonyl (C=O) groups is 1. The Balaban J connectivity index is 1.59. The molecule has 0 aliphatic carbocycles. The van der Waals surface area contributed by atoms with Gasteiger partial charge in [0.15, 0.2) is 5.13 Å². The zero-order valence-corrected chi connectivity index (χ0v) is 13.9. The van der Waals surface area contributed by atoms with Crippen LogP contribution in [0.1, 0.15) is 33.6 Å². The minimum atomic E-state index is -4.47. The van der Waals surface area contributed by atoms with Crippen LogP contribution in [0.25, 0.3) is 0 Å². The summed E-state index contributed by atoms with van der Waals surface area (Å²) in [5.74, 6) is -0.435. The van der Waals surface area contributed by atoms with Crippen LogP contribution in [0, 0.1) is 0 Å². The van der Waals surface area contributed by atoms with Crippen molar-refractivity contribution in [2.75, 3.05) is 18.1 Å². The summed E-state index contributed by atoms with van der Waals surface area (Å²) in [7, 11) is 0. The molecule has 1 aromatic heterocycles.